The van der Waals surface area contributed by atoms with Crippen LogP contribution in [0.2, 0.25) is 0 Å². The molecule has 36 heavy (non-hydrogen) atoms. The van der Waals surface area contributed by atoms with Crippen LogP contribution in [0, 0.1) is 0 Å². The molecule has 0 saturated carbocycles. The Bertz CT molecular complexity index is 1340. The second-order valence-corrected chi connectivity index (χ2v) is 8.09. The van der Waals surface area contributed by atoms with Crippen molar-refractivity contribution < 1.29 is 38.3 Å². The van der Waals surface area contributed by atoms with Crippen LogP contribution in [0.3, 0.4) is 0 Å². The van der Waals surface area contributed by atoms with Crippen LogP contribution in [0.15, 0.2) is 65.9 Å². The number of hydrogen-bond donors (Lipinski definition) is 1. The quantitative estimate of drug-likeness (QED) is 0.436. The molecule has 0 bridgehead atoms. The van der Waals surface area contributed by atoms with Gasteiger partial charge in [-0.05, 0) is 46.7 Å². The maximum atomic E-state index is 13.0. The Labute approximate surface area is 209 Å². The molecular formula is C28H28O8. The summed E-state index contributed by atoms with van der Waals surface area (Å²) in [6.45, 7) is 3.91. The summed E-state index contributed by atoms with van der Waals surface area (Å²) in [5.41, 5.74) is 1.72. The van der Waals surface area contributed by atoms with E-state index in [9.17, 15) is 9.90 Å². The molecule has 8 nitrogen and oxygen atoms in total. The molecule has 1 aliphatic rings. The average Bonchev–Trinajstić information content (AvgIpc) is 3.18. The van der Waals surface area contributed by atoms with E-state index in [-0.39, 0.29) is 17.8 Å². The monoisotopic (exact) mass is 492 g/mol. The van der Waals surface area contributed by atoms with Crippen LogP contribution < -0.4 is 23.7 Å². The molecule has 0 spiro atoms. The molecule has 1 unspecified atom stereocenters. The molecule has 0 radical (unpaired) electrons. The summed E-state index contributed by atoms with van der Waals surface area (Å²) in [7, 11) is 7.65. The molecule has 0 aliphatic carbocycles. The SMILES string of the molecule is C=C1OC(=O)C(C(O)c2c(OC)ccc3ccc(OC)cc23)=C1Cc1cc(OC)c(OC)c(OC)c1. The molecule has 0 aromatic heterocycles. The highest BCUT2D eigenvalue weighted by molar-refractivity contribution is 5.98. The minimum atomic E-state index is -1.35. The lowest BCUT2D eigenvalue weighted by atomic mass is 9.90. The highest BCUT2D eigenvalue weighted by atomic mass is 16.5. The van der Waals surface area contributed by atoms with Gasteiger partial charge in [-0.2, -0.15) is 0 Å². The van der Waals surface area contributed by atoms with Crippen molar-refractivity contribution in [3.63, 3.8) is 0 Å². The first-order valence-electron chi connectivity index (χ1n) is 11.1. The Morgan fingerprint density at radius 2 is 1.50 bits per heavy atom. The standard InChI is InChI=1S/C28H28O8/c1-15-19(11-16-12-22(33-4)27(35-6)23(13-16)34-5)25(28(30)36-15)26(29)24-20-14-18(31-2)9-7-17(20)8-10-21(24)32-3/h7-10,12-14,26,29H,1,11H2,2-6H3. The van der Waals surface area contributed by atoms with E-state index >= 15 is 0 Å². The summed E-state index contributed by atoms with van der Waals surface area (Å²) in [6.07, 6.45) is -1.12. The molecule has 0 amide bonds. The number of rotatable bonds is 9. The molecule has 0 fully saturated rings. The number of methoxy groups -OCH3 is 5. The number of carbonyl (C=O) groups is 1. The predicted molar refractivity (Wildman–Crippen MR) is 134 cm³/mol. The van der Waals surface area contributed by atoms with Crippen molar-refractivity contribution in [3.05, 3.63) is 77.1 Å². The van der Waals surface area contributed by atoms with Crippen molar-refractivity contribution in [3.8, 4) is 28.7 Å². The molecule has 188 valence electrons. The van der Waals surface area contributed by atoms with Gasteiger partial charge < -0.3 is 33.5 Å². The second-order valence-electron chi connectivity index (χ2n) is 8.09. The summed E-state index contributed by atoms with van der Waals surface area (Å²) >= 11 is 0. The Morgan fingerprint density at radius 1 is 0.861 bits per heavy atom. The fourth-order valence-electron chi connectivity index (χ4n) is 4.45. The number of hydrogen-bond acceptors (Lipinski definition) is 8. The number of aliphatic hydroxyl groups excluding tert-OH is 1. The number of benzene rings is 3. The van der Waals surface area contributed by atoms with Crippen molar-refractivity contribution in [2.75, 3.05) is 35.5 Å². The molecule has 1 atom stereocenters. The van der Waals surface area contributed by atoms with Crippen LogP contribution in [-0.2, 0) is 16.0 Å². The van der Waals surface area contributed by atoms with Crippen molar-refractivity contribution in [2.45, 2.75) is 12.5 Å². The Kier molecular flexibility index (Phi) is 7.07. The first kappa shape index (κ1) is 24.9. The van der Waals surface area contributed by atoms with Gasteiger partial charge in [0.05, 0.1) is 41.1 Å². The van der Waals surface area contributed by atoms with Crippen LogP contribution in [-0.4, -0.2) is 46.6 Å². The van der Waals surface area contributed by atoms with E-state index in [1.807, 2.05) is 18.2 Å². The number of aliphatic hydroxyl groups is 1. The van der Waals surface area contributed by atoms with Gasteiger partial charge in [0, 0.05) is 17.6 Å². The van der Waals surface area contributed by atoms with E-state index in [1.165, 1.54) is 28.4 Å². The van der Waals surface area contributed by atoms with Gasteiger partial charge in [0.1, 0.15) is 23.4 Å². The largest absolute Gasteiger partial charge is 0.497 e. The summed E-state index contributed by atoms with van der Waals surface area (Å²) in [5, 5.41) is 13.2. The molecule has 1 heterocycles. The highest BCUT2D eigenvalue weighted by Gasteiger charge is 2.36. The van der Waals surface area contributed by atoms with E-state index in [0.29, 0.717) is 45.3 Å². The number of fused-ring (bicyclic) bond motifs is 1. The van der Waals surface area contributed by atoms with E-state index in [0.717, 1.165) is 10.9 Å². The summed E-state index contributed by atoms with van der Waals surface area (Å²) in [4.78, 5) is 13.0. The highest BCUT2D eigenvalue weighted by Crippen LogP contribution is 2.44. The third-order valence-corrected chi connectivity index (χ3v) is 6.20. The normalized spacial score (nSPS) is 14.1. The van der Waals surface area contributed by atoms with E-state index in [2.05, 4.69) is 6.58 Å². The first-order chi connectivity index (χ1) is 17.4. The molecule has 1 N–H and O–H groups in total. The smallest absolute Gasteiger partial charge is 0.342 e. The Balaban J connectivity index is 1.87. The molecule has 1 aliphatic heterocycles. The van der Waals surface area contributed by atoms with Crippen LogP contribution in [0.1, 0.15) is 17.2 Å². The van der Waals surface area contributed by atoms with Gasteiger partial charge in [-0.15, -0.1) is 0 Å². The third kappa shape index (κ3) is 4.31. The van der Waals surface area contributed by atoms with Crippen molar-refractivity contribution >= 4 is 16.7 Å². The number of allylic oxidation sites excluding steroid dienone is 1. The van der Waals surface area contributed by atoms with Crippen LogP contribution in [0.5, 0.6) is 28.7 Å². The van der Waals surface area contributed by atoms with Crippen molar-refractivity contribution in [1.82, 2.24) is 0 Å². The zero-order chi connectivity index (χ0) is 26.0. The number of ether oxygens (including phenoxy) is 6. The minimum Gasteiger partial charge on any atom is -0.497 e. The topological polar surface area (TPSA) is 92.7 Å². The van der Waals surface area contributed by atoms with Gasteiger partial charge >= 0.3 is 5.97 Å². The Hall–Kier alpha value is -4.17. The first-order valence-corrected chi connectivity index (χ1v) is 11.1. The zero-order valence-electron chi connectivity index (χ0n) is 20.8. The van der Waals surface area contributed by atoms with Gasteiger partial charge in [-0.25, -0.2) is 4.79 Å². The fourth-order valence-corrected chi connectivity index (χ4v) is 4.45. The molecule has 3 aromatic carbocycles. The predicted octanol–water partition coefficient (Wildman–Crippen LogP) is 4.53. The summed E-state index contributed by atoms with van der Waals surface area (Å²) < 4.78 is 32.6. The maximum absolute atomic E-state index is 13.0. The Morgan fingerprint density at radius 3 is 2.08 bits per heavy atom. The van der Waals surface area contributed by atoms with E-state index in [4.69, 9.17) is 28.4 Å². The molecule has 0 saturated heterocycles. The summed E-state index contributed by atoms with van der Waals surface area (Å²) in [5.74, 6) is 1.91. The van der Waals surface area contributed by atoms with Gasteiger partial charge in [0.2, 0.25) is 5.75 Å². The minimum absolute atomic E-state index is 0.0855. The molecular weight excluding hydrogens is 464 g/mol. The van der Waals surface area contributed by atoms with E-state index in [1.54, 1.807) is 31.4 Å². The van der Waals surface area contributed by atoms with Crippen LogP contribution in [0.25, 0.3) is 10.8 Å². The van der Waals surface area contributed by atoms with Crippen molar-refractivity contribution in [2.24, 2.45) is 0 Å². The zero-order valence-corrected chi connectivity index (χ0v) is 20.8. The number of carbonyl (C=O) groups excluding carboxylic acids is 1. The van der Waals surface area contributed by atoms with Gasteiger partial charge in [-0.3, -0.25) is 0 Å². The third-order valence-electron chi connectivity index (χ3n) is 6.20. The van der Waals surface area contributed by atoms with Gasteiger partial charge in [-0.1, -0.05) is 18.7 Å². The fraction of sp³-hybridized carbons (Fsp3) is 0.250. The number of esters is 1. The van der Waals surface area contributed by atoms with Gasteiger partial charge in [0.25, 0.3) is 0 Å². The average molecular weight is 493 g/mol. The van der Waals surface area contributed by atoms with Gasteiger partial charge in [0.15, 0.2) is 11.5 Å². The second kappa shape index (κ2) is 10.2. The number of cyclic esters (lactones) is 1. The lowest BCUT2D eigenvalue weighted by Gasteiger charge is -2.19. The van der Waals surface area contributed by atoms with Crippen LogP contribution >= 0.6 is 0 Å². The van der Waals surface area contributed by atoms with E-state index < -0.39 is 12.1 Å². The van der Waals surface area contributed by atoms with Crippen molar-refractivity contribution in [1.29, 1.82) is 0 Å². The van der Waals surface area contributed by atoms with Crippen LogP contribution in [0.4, 0.5) is 0 Å². The maximum Gasteiger partial charge on any atom is 0.342 e. The molecule has 8 heteroatoms. The summed E-state index contributed by atoms with van der Waals surface area (Å²) in [6, 6.07) is 12.7. The lowest BCUT2D eigenvalue weighted by molar-refractivity contribution is -0.134. The molecule has 3 aromatic rings. The molecule has 4 rings (SSSR count). The lowest BCUT2D eigenvalue weighted by Crippen LogP contribution is -2.12.